The van der Waals surface area contributed by atoms with Gasteiger partial charge in [0.2, 0.25) is 0 Å². The van der Waals surface area contributed by atoms with E-state index >= 15 is 0 Å². The summed E-state index contributed by atoms with van der Waals surface area (Å²) in [4.78, 5) is 4.23. The fourth-order valence-electron chi connectivity index (χ4n) is 1.75. The van der Waals surface area contributed by atoms with Gasteiger partial charge in [0.1, 0.15) is 0 Å². The smallest absolute Gasteiger partial charge is 0.191 e. The first-order chi connectivity index (χ1) is 10.2. The van der Waals surface area contributed by atoms with E-state index in [0.717, 1.165) is 23.5 Å². The Labute approximate surface area is 130 Å². The van der Waals surface area contributed by atoms with Gasteiger partial charge in [-0.3, -0.25) is 10.4 Å². The summed E-state index contributed by atoms with van der Waals surface area (Å²) >= 11 is 5.22. The second-order valence-electron chi connectivity index (χ2n) is 4.53. The van der Waals surface area contributed by atoms with Crippen LogP contribution < -0.4 is 10.7 Å². The van der Waals surface area contributed by atoms with Gasteiger partial charge < -0.3 is 5.32 Å². The van der Waals surface area contributed by atoms with Gasteiger partial charge in [0.25, 0.3) is 0 Å². The number of hydrogen-bond donors (Lipinski definition) is 2. The standard InChI is InChI=1S/C16H18N4S/c1-3-13-7-9-14(10-8-13)18-16(21)20-19-12(2)15-6-4-5-11-17-15/h4-11H,3H2,1-2H3,(H2,18,20,21)/b19-12+. The van der Waals surface area contributed by atoms with Crippen molar-refractivity contribution >= 4 is 28.7 Å². The molecule has 0 aliphatic heterocycles. The topological polar surface area (TPSA) is 49.3 Å². The van der Waals surface area contributed by atoms with Crippen molar-refractivity contribution in [1.82, 2.24) is 10.4 Å². The summed E-state index contributed by atoms with van der Waals surface area (Å²) in [6, 6.07) is 13.9. The summed E-state index contributed by atoms with van der Waals surface area (Å²) in [6.07, 6.45) is 2.76. The zero-order valence-electron chi connectivity index (χ0n) is 12.1. The van der Waals surface area contributed by atoms with Crippen LogP contribution in [0.3, 0.4) is 0 Å². The highest BCUT2D eigenvalue weighted by Gasteiger charge is 1.99. The van der Waals surface area contributed by atoms with Gasteiger partial charge in [0.05, 0.1) is 11.4 Å². The van der Waals surface area contributed by atoms with E-state index in [2.05, 4.69) is 39.9 Å². The number of thiocarbonyl (C=S) groups is 1. The number of nitrogens with zero attached hydrogens (tertiary/aromatic N) is 2. The number of pyridine rings is 1. The second kappa shape index (κ2) is 7.50. The Morgan fingerprint density at radius 2 is 1.95 bits per heavy atom. The Kier molecular flexibility index (Phi) is 5.40. The third-order valence-corrected chi connectivity index (χ3v) is 3.17. The first-order valence-electron chi connectivity index (χ1n) is 6.80. The molecule has 2 aromatic rings. The number of hydrazone groups is 1. The molecule has 0 bridgehead atoms. The first-order valence-corrected chi connectivity index (χ1v) is 7.21. The van der Waals surface area contributed by atoms with Crippen LogP contribution in [0, 0.1) is 0 Å². The molecule has 0 aliphatic carbocycles. The van der Waals surface area contributed by atoms with E-state index in [1.165, 1.54) is 5.56 Å². The molecule has 0 aliphatic rings. The van der Waals surface area contributed by atoms with E-state index in [1.807, 2.05) is 37.3 Å². The lowest BCUT2D eigenvalue weighted by Gasteiger charge is -2.08. The molecule has 1 aromatic heterocycles. The zero-order valence-corrected chi connectivity index (χ0v) is 12.9. The summed E-state index contributed by atoms with van der Waals surface area (Å²) in [7, 11) is 0. The van der Waals surface area contributed by atoms with Crippen molar-refractivity contribution in [3.8, 4) is 0 Å². The summed E-state index contributed by atoms with van der Waals surface area (Å²) < 4.78 is 0. The highest BCUT2D eigenvalue weighted by molar-refractivity contribution is 7.80. The average molecular weight is 298 g/mol. The largest absolute Gasteiger partial charge is 0.331 e. The third-order valence-electron chi connectivity index (χ3n) is 2.98. The molecule has 0 fully saturated rings. The normalized spacial score (nSPS) is 11.0. The van der Waals surface area contributed by atoms with Gasteiger partial charge in [-0.15, -0.1) is 0 Å². The molecule has 0 saturated heterocycles. The molecule has 108 valence electrons. The number of benzene rings is 1. The van der Waals surface area contributed by atoms with Crippen molar-refractivity contribution in [2.75, 3.05) is 5.32 Å². The lowest BCUT2D eigenvalue weighted by Crippen LogP contribution is -2.25. The molecule has 5 heteroatoms. The van der Waals surface area contributed by atoms with Gasteiger partial charge in [0, 0.05) is 11.9 Å². The number of aromatic nitrogens is 1. The maximum atomic E-state index is 5.22. The van der Waals surface area contributed by atoms with Crippen molar-refractivity contribution in [2.24, 2.45) is 5.10 Å². The molecule has 21 heavy (non-hydrogen) atoms. The van der Waals surface area contributed by atoms with Crippen LogP contribution in [0.2, 0.25) is 0 Å². The van der Waals surface area contributed by atoms with E-state index in [0.29, 0.717) is 5.11 Å². The minimum atomic E-state index is 0.453. The molecule has 1 heterocycles. The molecule has 0 radical (unpaired) electrons. The van der Waals surface area contributed by atoms with E-state index in [9.17, 15) is 0 Å². The minimum absolute atomic E-state index is 0.453. The maximum Gasteiger partial charge on any atom is 0.191 e. The lowest BCUT2D eigenvalue weighted by atomic mass is 10.1. The van der Waals surface area contributed by atoms with Crippen molar-refractivity contribution in [3.63, 3.8) is 0 Å². The first kappa shape index (κ1) is 15.1. The van der Waals surface area contributed by atoms with E-state index < -0.39 is 0 Å². The molecule has 4 nitrogen and oxygen atoms in total. The number of rotatable bonds is 4. The Morgan fingerprint density at radius 1 is 1.19 bits per heavy atom. The lowest BCUT2D eigenvalue weighted by molar-refractivity contribution is 1.03. The SMILES string of the molecule is CCc1ccc(NC(=S)N/N=C(\C)c2ccccn2)cc1. The van der Waals surface area contributed by atoms with Crippen LogP contribution in [0.15, 0.2) is 53.8 Å². The quantitative estimate of drug-likeness (QED) is 0.516. The number of hydrogen-bond acceptors (Lipinski definition) is 3. The molecule has 0 amide bonds. The van der Waals surface area contributed by atoms with Gasteiger partial charge in [0.15, 0.2) is 5.11 Å². The summed E-state index contributed by atoms with van der Waals surface area (Å²) in [5.74, 6) is 0. The number of nitrogens with one attached hydrogen (secondary N) is 2. The summed E-state index contributed by atoms with van der Waals surface area (Å²) in [5, 5.41) is 7.77. The summed E-state index contributed by atoms with van der Waals surface area (Å²) in [6.45, 7) is 4.01. The van der Waals surface area contributed by atoms with E-state index in [-0.39, 0.29) is 0 Å². The van der Waals surface area contributed by atoms with Gasteiger partial charge in [-0.05, 0) is 55.4 Å². The van der Waals surface area contributed by atoms with Gasteiger partial charge in [-0.1, -0.05) is 25.1 Å². The molecule has 2 N–H and O–H groups in total. The van der Waals surface area contributed by atoms with Gasteiger partial charge in [-0.2, -0.15) is 5.10 Å². The average Bonchev–Trinajstić information content (AvgIpc) is 2.54. The van der Waals surface area contributed by atoms with Crippen LogP contribution in [0.4, 0.5) is 5.69 Å². The molecule has 0 atom stereocenters. The predicted octanol–water partition coefficient (Wildman–Crippen LogP) is 3.35. The van der Waals surface area contributed by atoms with E-state index in [1.54, 1.807) is 6.20 Å². The van der Waals surface area contributed by atoms with Crippen LogP contribution in [-0.2, 0) is 6.42 Å². The van der Waals surface area contributed by atoms with Crippen LogP contribution in [-0.4, -0.2) is 15.8 Å². The minimum Gasteiger partial charge on any atom is -0.331 e. The van der Waals surface area contributed by atoms with Crippen LogP contribution in [0.5, 0.6) is 0 Å². The monoisotopic (exact) mass is 298 g/mol. The number of anilines is 1. The molecular formula is C16H18N4S. The highest BCUT2D eigenvalue weighted by atomic mass is 32.1. The number of aryl methyl sites for hydroxylation is 1. The van der Waals surface area contributed by atoms with Crippen LogP contribution >= 0.6 is 12.2 Å². The molecule has 0 unspecified atom stereocenters. The van der Waals surface area contributed by atoms with Gasteiger partial charge in [-0.25, -0.2) is 0 Å². The maximum absolute atomic E-state index is 5.22. The molecular weight excluding hydrogens is 280 g/mol. The Bertz CT molecular complexity index is 620. The molecule has 2 rings (SSSR count). The highest BCUT2D eigenvalue weighted by Crippen LogP contribution is 2.09. The van der Waals surface area contributed by atoms with Crippen LogP contribution in [0.25, 0.3) is 0 Å². The predicted molar refractivity (Wildman–Crippen MR) is 91.6 cm³/mol. The Balaban J connectivity index is 1.92. The van der Waals surface area contributed by atoms with Crippen LogP contribution in [0.1, 0.15) is 25.1 Å². The molecule has 0 saturated carbocycles. The van der Waals surface area contributed by atoms with Crippen molar-refractivity contribution in [1.29, 1.82) is 0 Å². The fraction of sp³-hybridized carbons (Fsp3) is 0.188. The van der Waals surface area contributed by atoms with Crippen molar-refractivity contribution < 1.29 is 0 Å². The fourth-order valence-corrected chi connectivity index (χ4v) is 1.91. The van der Waals surface area contributed by atoms with Gasteiger partial charge >= 0.3 is 0 Å². The van der Waals surface area contributed by atoms with E-state index in [4.69, 9.17) is 12.2 Å². The Hall–Kier alpha value is -2.27. The third kappa shape index (κ3) is 4.65. The van der Waals surface area contributed by atoms with Crippen molar-refractivity contribution in [3.05, 3.63) is 59.9 Å². The second-order valence-corrected chi connectivity index (χ2v) is 4.94. The molecule has 0 spiro atoms. The Morgan fingerprint density at radius 3 is 2.57 bits per heavy atom. The van der Waals surface area contributed by atoms with Crippen molar-refractivity contribution in [2.45, 2.75) is 20.3 Å². The molecule has 1 aromatic carbocycles. The summed E-state index contributed by atoms with van der Waals surface area (Å²) in [5.41, 5.74) is 6.66. The zero-order chi connectivity index (χ0) is 15.1.